The molecule has 202 valence electrons. The van der Waals surface area contributed by atoms with Crippen LogP contribution in [0.1, 0.15) is 47.1 Å². The van der Waals surface area contributed by atoms with E-state index in [-0.39, 0.29) is 30.3 Å². The van der Waals surface area contributed by atoms with E-state index in [1.54, 1.807) is 54.7 Å². The van der Waals surface area contributed by atoms with Crippen molar-refractivity contribution in [3.63, 3.8) is 0 Å². The standard InChI is InChI=1S/C30H36N2O5S/c1-5-21(2)18-31(30(34)22-10-12-23(35-3)13-11-22)19-29(33)32-16-14-28-24(15-17-38-28)25(32)20-37-27-9-7-6-8-26(27)36-4/h6-13,15,17,21,25H,5,14,16,18-20H2,1-4H3/t21-,25+/m0/s1. The van der Waals surface area contributed by atoms with Gasteiger partial charge < -0.3 is 24.0 Å². The molecule has 7 nitrogen and oxygen atoms in total. The van der Waals surface area contributed by atoms with Crippen molar-refractivity contribution in [3.8, 4) is 17.2 Å². The third-order valence-electron chi connectivity index (χ3n) is 7.06. The highest BCUT2D eigenvalue weighted by Gasteiger charge is 2.34. The Kier molecular flexibility index (Phi) is 9.29. The first kappa shape index (κ1) is 27.5. The minimum absolute atomic E-state index is 0.0137. The number of hydrogen-bond donors (Lipinski definition) is 0. The van der Waals surface area contributed by atoms with Crippen molar-refractivity contribution >= 4 is 23.2 Å². The molecule has 1 aliphatic rings. The number of amides is 2. The molecule has 38 heavy (non-hydrogen) atoms. The lowest BCUT2D eigenvalue weighted by atomic mass is 10.00. The van der Waals surface area contributed by atoms with E-state index in [2.05, 4.69) is 25.3 Å². The highest BCUT2D eigenvalue weighted by Crippen LogP contribution is 2.35. The average molecular weight is 537 g/mol. The van der Waals surface area contributed by atoms with Gasteiger partial charge >= 0.3 is 0 Å². The molecule has 0 fully saturated rings. The summed E-state index contributed by atoms with van der Waals surface area (Å²) in [6.45, 7) is 5.60. The normalized spacial score (nSPS) is 15.4. The van der Waals surface area contributed by atoms with E-state index in [4.69, 9.17) is 14.2 Å². The number of fused-ring (bicyclic) bond motifs is 1. The van der Waals surface area contributed by atoms with Crippen LogP contribution in [-0.2, 0) is 11.2 Å². The summed E-state index contributed by atoms with van der Waals surface area (Å²) in [5.74, 6) is 2.00. The summed E-state index contributed by atoms with van der Waals surface area (Å²) in [5, 5.41) is 2.07. The van der Waals surface area contributed by atoms with Crippen LogP contribution < -0.4 is 14.2 Å². The summed E-state index contributed by atoms with van der Waals surface area (Å²) >= 11 is 1.71. The van der Waals surface area contributed by atoms with Crippen molar-refractivity contribution in [3.05, 3.63) is 76.0 Å². The quantitative estimate of drug-likeness (QED) is 0.326. The van der Waals surface area contributed by atoms with Gasteiger partial charge in [0.1, 0.15) is 18.9 Å². The number of hydrogen-bond acceptors (Lipinski definition) is 6. The summed E-state index contributed by atoms with van der Waals surface area (Å²) in [4.78, 5) is 32.2. The molecule has 2 heterocycles. The topological polar surface area (TPSA) is 68.3 Å². The van der Waals surface area contributed by atoms with Crippen molar-refractivity contribution in [2.24, 2.45) is 5.92 Å². The first-order valence-corrected chi connectivity index (χ1v) is 13.9. The molecule has 2 amide bonds. The number of rotatable bonds is 11. The second kappa shape index (κ2) is 12.8. The Hall–Kier alpha value is -3.52. The van der Waals surface area contributed by atoms with Crippen LogP contribution in [0.5, 0.6) is 17.2 Å². The van der Waals surface area contributed by atoms with E-state index in [1.165, 1.54) is 4.88 Å². The van der Waals surface area contributed by atoms with Gasteiger partial charge in [0.25, 0.3) is 5.91 Å². The van der Waals surface area contributed by atoms with Gasteiger partial charge in [0, 0.05) is 23.5 Å². The summed E-state index contributed by atoms with van der Waals surface area (Å²) in [7, 11) is 3.21. The second-order valence-corrected chi connectivity index (χ2v) is 10.5. The Morgan fingerprint density at radius 1 is 1.05 bits per heavy atom. The van der Waals surface area contributed by atoms with Crippen LogP contribution in [0.2, 0.25) is 0 Å². The molecule has 2 aromatic carbocycles. The van der Waals surface area contributed by atoms with Crippen LogP contribution in [0.3, 0.4) is 0 Å². The van der Waals surface area contributed by atoms with Gasteiger partial charge in [-0.05, 0) is 65.7 Å². The zero-order chi connectivity index (χ0) is 27.1. The second-order valence-electron chi connectivity index (χ2n) is 9.54. The maximum absolute atomic E-state index is 13.8. The van der Waals surface area contributed by atoms with Crippen LogP contribution in [0.4, 0.5) is 0 Å². The summed E-state index contributed by atoms with van der Waals surface area (Å²) in [6.07, 6.45) is 1.71. The third kappa shape index (κ3) is 6.30. The van der Waals surface area contributed by atoms with E-state index in [9.17, 15) is 9.59 Å². The summed E-state index contributed by atoms with van der Waals surface area (Å²) < 4.78 is 16.9. The highest BCUT2D eigenvalue weighted by molar-refractivity contribution is 7.10. The average Bonchev–Trinajstić information content (AvgIpc) is 3.44. The zero-order valence-corrected chi connectivity index (χ0v) is 23.3. The van der Waals surface area contributed by atoms with Crippen molar-refractivity contribution in [1.29, 1.82) is 0 Å². The van der Waals surface area contributed by atoms with E-state index in [1.807, 2.05) is 29.2 Å². The predicted octanol–water partition coefficient (Wildman–Crippen LogP) is 5.46. The zero-order valence-electron chi connectivity index (χ0n) is 22.5. The largest absolute Gasteiger partial charge is 0.497 e. The molecule has 0 saturated heterocycles. The number of thiophene rings is 1. The third-order valence-corrected chi connectivity index (χ3v) is 8.06. The van der Waals surface area contributed by atoms with Gasteiger partial charge in [-0.3, -0.25) is 9.59 Å². The first-order chi connectivity index (χ1) is 18.4. The lowest BCUT2D eigenvalue weighted by Crippen LogP contribution is -2.48. The van der Waals surface area contributed by atoms with Gasteiger partial charge in [0.2, 0.25) is 5.91 Å². The minimum Gasteiger partial charge on any atom is -0.497 e. The first-order valence-electron chi connectivity index (χ1n) is 13.0. The molecular formula is C30H36N2O5S. The number of nitrogens with zero attached hydrogens (tertiary/aromatic N) is 2. The van der Waals surface area contributed by atoms with E-state index in [0.717, 1.165) is 18.4 Å². The van der Waals surface area contributed by atoms with Crippen LogP contribution in [0.15, 0.2) is 60.0 Å². The Bertz CT molecular complexity index is 1230. The molecule has 0 radical (unpaired) electrons. The van der Waals surface area contributed by atoms with E-state index >= 15 is 0 Å². The fraction of sp³-hybridized carbons (Fsp3) is 0.400. The molecule has 1 aliphatic heterocycles. The van der Waals surface area contributed by atoms with Gasteiger partial charge in [0.15, 0.2) is 11.5 Å². The predicted molar refractivity (Wildman–Crippen MR) is 149 cm³/mol. The van der Waals surface area contributed by atoms with Gasteiger partial charge in [0.05, 0.1) is 20.3 Å². The molecule has 0 saturated carbocycles. The molecule has 8 heteroatoms. The number of carbonyl (C=O) groups is 2. The molecule has 0 N–H and O–H groups in total. The lowest BCUT2D eigenvalue weighted by Gasteiger charge is -2.37. The van der Waals surface area contributed by atoms with Crippen LogP contribution >= 0.6 is 11.3 Å². The fourth-order valence-corrected chi connectivity index (χ4v) is 5.60. The molecule has 4 rings (SSSR count). The van der Waals surface area contributed by atoms with Crippen LogP contribution in [0.25, 0.3) is 0 Å². The number of carbonyl (C=O) groups excluding carboxylic acids is 2. The number of benzene rings is 2. The van der Waals surface area contributed by atoms with Crippen molar-refractivity contribution in [2.75, 3.05) is 40.5 Å². The van der Waals surface area contributed by atoms with Crippen LogP contribution in [-0.4, -0.2) is 62.1 Å². The Balaban J connectivity index is 1.55. The highest BCUT2D eigenvalue weighted by atomic mass is 32.1. The summed E-state index contributed by atoms with van der Waals surface area (Å²) in [5.41, 5.74) is 1.65. The van der Waals surface area contributed by atoms with E-state index in [0.29, 0.717) is 42.5 Å². The molecule has 0 aliphatic carbocycles. The Morgan fingerprint density at radius 2 is 1.79 bits per heavy atom. The number of para-hydroxylation sites is 2. The van der Waals surface area contributed by atoms with Crippen molar-refractivity contribution in [2.45, 2.75) is 32.7 Å². The molecule has 3 aromatic rings. The van der Waals surface area contributed by atoms with Gasteiger partial charge in [-0.15, -0.1) is 11.3 Å². The maximum Gasteiger partial charge on any atom is 0.254 e. The SMILES string of the molecule is CC[C@H](C)CN(CC(=O)N1CCc2sccc2[C@H]1COc1ccccc1OC)C(=O)c1ccc(OC)cc1. The smallest absolute Gasteiger partial charge is 0.254 e. The monoisotopic (exact) mass is 536 g/mol. The number of methoxy groups -OCH3 is 2. The van der Waals surface area contributed by atoms with Gasteiger partial charge in [-0.2, -0.15) is 0 Å². The minimum atomic E-state index is -0.246. The number of ether oxygens (including phenoxy) is 3. The fourth-order valence-electron chi connectivity index (χ4n) is 4.68. The Morgan fingerprint density at radius 3 is 2.47 bits per heavy atom. The molecular weight excluding hydrogens is 500 g/mol. The molecule has 0 unspecified atom stereocenters. The molecule has 0 bridgehead atoms. The van der Waals surface area contributed by atoms with Gasteiger partial charge in [-0.1, -0.05) is 32.4 Å². The molecule has 2 atom stereocenters. The van der Waals surface area contributed by atoms with Crippen molar-refractivity contribution < 1.29 is 23.8 Å². The van der Waals surface area contributed by atoms with Gasteiger partial charge in [-0.25, -0.2) is 0 Å². The summed E-state index contributed by atoms with van der Waals surface area (Å²) in [6, 6.07) is 16.4. The molecule has 0 spiro atoms. The van der Waals surface area contributed by atoms with Crippen molar-refractivity contribution in [1.82, 2.24) is 9.80 Å². The molecule has 1 aromatic heterocycles. The van der Waals surface area contributed by atoms with Crippen LogP contribution in [0, 0.1) is 5.92 Å². The Labute approximate surface area is 228 Å². The lowest BCUT2D eigenvalue weighted by molar-refractivity contribution is -0.135. The maximum atomic E-state index is 13.8. The van der Waals surface area contributed by atoms with E-state index < -0.39 is 0 Å².